The molecule has 0 bridgehead atoms. The minimum absolute atomic E-state index is 0.0191. The second kappa shape index (κ2) is 5.03. The molecular weight excluding hydrogens is 264 g/mol. The molecule has 1 unspecified atom stereocenters. The van der Waals surface area contributed by atoms with Gasteiger partial charge in [-0.1, -0.05) is 22.9 Å². The van der Waals surface area contributed by atoms with E-state index in [9.17, 15) is 8.78 Å². The zero-order valence-electron chi connectivity index (χ0n) is 8.56. The van der Waals surface area contributed by atoms with Crippen molar-refractivity contribution in [1.29, 1.82) is 0 Å². The molecule has 1 atom stereocenters. The van der Waals surface area contributed by atoms with Crippen LogP contribution in [0.5, 0.6) is 0 Å². The zero-order chi connectivity index (χ0) is 11.5. The zero-order valence-corrected chi connectivity index (χ0v) is 10.2. The molecular formula is C11H14BrF2N. The van der Waals surface area contributed by atoms with Crippen LogP contribution in [0.4, 0.5) is 8.78 Å². The van der Waals surface area contributed by atoms with Crippen LogP contribution in [0.1, 0.15) is 18.9 Å². The van der Waals surface area contributed by atoms with E-state index in [1.54, 1.807) is 19.1 Å². The molecule has 4 heteroatoms. The number of nitrogens with two attached hydrogens (primary N) is 1. The van der Waals surface area contributed by atoms with Gasteiger partial charge in [-0.25, -0.2) is 8.78 Å². The number of benzene rings is 1. The highest BCUT2D eigenvalue weighted by Crippen LogP contribution is 2.24. The Morgan fingerprint density at radius 1 is 1.47 bits per heavy atom. The molecule has 1 nitrogen and oxygen atoms in total. The number of hydrogen-bond acceptors (Lipinski definition) is 1. The van der Waals surface area contributed by atoms with Crippen molar-refractivity contribution in [1.82, 2.24) is 0 Å². The van der Waals surface area contributed by atoms with Crippen molar-refractivity contribution in [3.63, 3.8) is 0 Å². The van der Waals surface area contributed by atoms with Gasteiger partial charge in [0.25, 0.3) is 0 Å². The van der Waals surface area contributed by atoms with Crippen molar-refractivity contribution in [3.05, 3.63) is 34.1 Å². The van der Waals surface area contributed by atoms with Gasteiger partial charge in [0.1, 0.15) is 11.5 Å². The first-order valence-electron chi connectivity index (χ1n) is 4.83. The van der Waals surface area contributed by atoms with Gasteiger partial charge in [-0.2, -0.15) is 0 Å². The minimum atomic E-state index is -1.51. The van der Waals surface area contributed by atoms with Crippen molar-refractivity contribution < 1.29 is 8.78 Å². The highest BCUT2D eigenvalue weighted by Gasteiger charge is 2.27. The molecule has 1 aromatic rings. The van der Waals surface area contributed by atoms with Crippen molar-refractivity contribution >= 4 is 15.9 Å². The van der Waals surface area contributed by atoms with Gasteiger partial charge in [0.05, 0.1) is 0 Å². The van der Waals surface area contributed by atoms with Crippen molar-refractivity contribution in [2.45, 2.75) is 25.4 Å². The quantitative estimate of drug-likeness (QED) is 0.899. The van der Waals surface area contributed by atoms with Crippen LogP contribution in [-0.2, 0) is 6.42 Å². The fourth-order valence-corrected chi connectivity index (χ4v) is 1.77. The van der Waals surface area contributed by atoms with Crippen LogP contribution in [0.3, 0.4) is 0 Å². The third-order valence-corrected chi connectivity index (χ3v) is 3.01. The monoisotopic (exact) mass is 277 g/mol. The van der Waals surface area contributed by atoms with E-state index in [1.165, 1.54) is 6.07 Å². The molecule has 0 saturated carbocycles. The largest absolute Gasteiger partial charge is 0.328 e. The Morgan fingerprint density at radius 3 is 2.67 bits per heavy atom. The lowest BCUT2D eigenvalue weighted by molar-refractivity contribution is 0.165. The van der Waals surface area contributed by atoms with Crippen LogP contribution in [0, 0.1) is 5.82 Å². The van der Waals surface area contributed by atoms with Gasteiger partial charge >= 0.3 is 0 Å². The van der Waals surface area contributed by atoms with E-state index in [0.717, 1.165) is 4.47 Å². The normalized spacial score (nSPS) is 15.0. The summed E-state index contributed by atoms with van der Waals surface area (Å²) in [6.45, 7) is 1.62. The second-order valence-electron chi connectivity index (χ2n) is 3.62. The van der Waals surface area contributed by atoms with Gasteiger partial charge in [0.15, 0.2) is 0 Å². The molecule has 0 fully saturated rings. The summed E-state index contributed by atoms with van der Waals surface area (Å²) in [5.41, 5.74) is 4.19. The van der Waals surface area contributed by atoms with Gasteiger partial charge in [-0.15, -0.1) is 0 Å². The summed E-state index contributed by atoms with van der Waals surface area (Å²) in [4.78, 5) is 0. The number of rotatable bonds is 4. The van der Waals surface area contributed by atoms with Crippen LogP contribution in [-0.4, -0.2) is 12.2 Å². The molecule has 0 amide bonds. The molecule has 0 spiro atoms. The van der Waals surface area contributed by atoms with Crippen LogP contribution >= 0.6 is 15.9 Å². The Hall–Kier alpha value is -0.480. The molecule has 2 N–H and O–H groups in total. The Balaban J connectivity index is 2.92. The first-order chi connectivity index (χ1) is 7.00. The van der Waals surface area contributed by atoms with Crippen molar-refractivity contribution in [3.8, 4) is 0 Å². The summed E-state index contributed by atoms with van der Waals surface area (Å²) < 4.78 is 28.0. The Labute approximate surface area is 96.8 Å². The smallest absolute Gasteiger partial charge is 0.127 e. The topological polar surface area (TPSA) is 26.0 Å². The van der Waals surface area contributed by atoms with Crippen LogP contribution in [0.25, 0.3) is 0 Å². The maximum atomic E-state index is 13.9. The van der Waals surface area contributed by atoms with Crippen molar-refractivity contribution in [2.75, 3.05) is 6.54 Å². The third-order valence-electron chi connectivity index (χ3n) is 2.51. The highest BCUT2D eigenvalue weighted by molar-refractivity contribution is 9.10. The standard InChI is InChI=1S/C11H14BrF2N/c1-2-11(14,7-15)6-8-5-9(12)3-4-10(8)13/h3-5H,2,6-7,15H2,1H3. The predicted molar refractivity (Wildman–Crippen MR) is 61.0 cm³/mol. The third kappa shape index (κ3) is 3.24. The van der Waals surface area contributed by atoms with Crippen molar-refractivity contribution in [2.24, 2.45) is 5.73 Å². The second-order valence-corrected chi connectivity index (χ2v) is 4.54. The molecule has 0 saturated heterocycles. The first kappa shape index (κ1) is 12.6. The van der Waals surface area contributed by atoms with E-state index in [1.807, 2.05) is 0 Å². The average Bonchev–Trinajstić information content (AvgIpc) is 2.23. The molecule has 0 radical (unpaired) electrons. The van der Waals surface area contributed by atoms with Gasteiger partial charge in [0, 0.05) is 17.4 Å². The van der Waals surface area contributed by atoms with Crippen LogP contribution in [0.2, 0.25) is 0 Å². The Morgan fingerprint density at radius 2 is 2.13 bits per heavy atom. The van der Waals surface area contributed by atoms with Crippen LogP contribution < -0.4 is 5.73 Å². The first-order valence-corrected chi connectivity index (χ1v) is 5.63. The van der Waals surface area contributed by atoms with E-state index in [4.69, 9.17) is 5.73 Å². The molecule has 1 aromatic carbocycles. The molecule has 0 heterocycles. The van der Waals surface area contributed by atoms with Gasteiger partial charge in [-0.05, 0) is 30.2 Å². The predicted octanol–water partition coefficient (Wildman–Crippen LogP) is 3.21. The fourth-order valence-electron chi connectivity index (χ4n) is 1.36. The average molecular weight is 278 g/mol. The summed E-state index contributed by atoms with van der Waals surface area (Å²) in [6.07, 6.45) is 0.306. The number of hydrogen-bond donors (Lipinski definition) is 1. The molecule has 1 rings (SSSR count). The Kier molecular flexibility index (Phi) is 4.22. The SMILES string of the molecule is CCC(F)(CN)Cc1cc(Br)ccc1F. The molecule has 15 heavy (non-hydrogen) atoms. The van der Waals surface area contributed by atoms with E-state index in [2.05, 4.69) is 15.9 Å². The van der Waals surface area contributed by atoms with Gasteiger partial charge in [0.2, 0.25) is 0 Å². The maximum Gasteiger partial charge on any atom is 0.127 e. The summed E-state index contributed by atoms with van der Waals surface area (Å²) in [6, 6.07) is 4.51. The minimum Gasteiger partial charge on any atom is -0.328 e. The lowest BCUT2D eigenvalue weighted by atomic mass is 9.93. The lowest BCUT2D eigenvalue weighted by Crippen LogP contribution is -2.34. The maximum absolute atomic E-state index is 13.9. The van der Waals surface area contributed by atoms with E-state index in [0.29, 0.717) is 5.56 Å². The molecule has 84 valence electrons. The number of halogens is 3. The summed E-state index contributed by atoms with van der Waals surface area (Å²) in [5.74, 6) is -0.387. The van der Waals surface area contributed by atoms with E-state index in [-0.39, 0.29) is 25.2 Å². The Bertz CT molecular complexity index is 337. The molecule has 0 aliphatic rings. The summed E-state index contributed by atoms with van der Waals surface area (Å²) in [5, 5.41) is 0. The summed E-state index contributed by atoms with van der Waals surface area (Å²) in [7, 11) is 0. The molecule has 0 aliphatic heterocycles. The van der Waals surface area contributed by atoms with Crippen LogP contribution in [0.15, 0.2) is 22.7 Å². The lowest BCUT2D eigenvalue weighted by Gasteiger charge is -2.22. The van der Waals surface area contributed by atoms with Gasteiger partial charge < -0.3 is 5.73 Å². The van der Waals surface area contributed by atoms with E-state index >= 15 is 0 Å². The number of alkyl halides is 1. The highest BCUT2D eigenvalue weighted by atomic mass is 79.9. The van der Waals surface area contributed by atoms with E-state index < -0.39 is 5.67 Å². The van der Waals surface area contributed by atoms with Gasteiger partial charge in [-0.3, -0.25) is 0 Å². The summed E-state index contributed by atoms with van der Waals surface area (Å²) >= 11 is 3.23. The fraction of sp³-hybridized carbons (Fsp3) is 0.455. The molecule has 0 aliphatic carbocycles. The molecule has 0 aromatic heterocycles.